The fourth-order valence-electron chi connectivity index (χ4n) is 2.66. The van der Waals surface area contributed by atoms with Crippen LogP contribution in [0.15, 0.2) is 41.8 Å². The first-order chi connectivity index (χ1) is 11.1. The van der Waals surface area contributed by atoms with Gasteiger partial charge in [-0.3, -0.25) is 9.59 Å². The van der Waals surface area contributed by atoms with Gasteiger partial charge in [0.15, 0.2) is 0 Å². The molecule has 0 unspecified atom stereocenters. The van der Waals surface area contributed by atoms with E-state index in [1.807, 2.05) is 46.7 Å². The number of piperazine rings is 1. The number of carbonyl (C=O) groups excluding carboxylic acids is 2. The van der Waals surface area contributed by atoms with E-state index in [1.165, 1.54) is 11.3 Å². The van der Waals surface area contributed by atoms with Crippen LogP contribution in [0.4, 0.5) is 11.4 Å². The number of nitrogens with one attached hydrogen (secondary N) is 1. The second-order valence-corrected chi connectivity index (χ2v) is 6.42. The lowest BCUT2D eigenvalue weighted by molar-refractivity contribution is -0.129. The molecule has 1 aliphatic rings. The standard InChI is InChI=1S/C17H19N3O2S/c1-13(21)19-7-9-20(10-8-19)15-5-2-4-14(12-15)18-17(22)16-6-3-11-23-16/h2-6,11-12H,7-10H2,1H3,(H,18,22). The van der Waals surface area contributed by atoms with Crippen LogP contribution in [0.2, 0.25) is 0 Å². The lowest BCUT2D eigenvalue weighted by atomic mass is 10.2. The van der Waals surface area contributed by atoms with Gasteiger partial charge in [0.05, 0.1) is 4.88 Å². The van der Waals surface area contributed by atoms with Gasteiger partial charge in [-0.25, -0.2) is 0 Å². The molecule has 5 nitrogen and oxygen atoms in total. The van der Waals surface area contributed by atoms with Gasteiger partial charge in [-0.05, 0) is 29.6 Å². The Labute approximate surface area is 139 Å². The van der Waals surface area contributed by atoms with Crippen molar-refractivity contribution in [2.45, 2.75) is 6.92 Å². The zero-order valence-corrected chi connectivity index (χ0v) is 13.8. The first-order valence-corrected chi connectivity index (χ1v) is 8.47. The Morgan fingerprint density at radius 2 is 1.87 bits per heavy atom. The minimum atomic E-state index is -0.0847. The number of hydrogen-bond acceptors (Lipinski definition) is 4. The second-order valence-electron chi connectivity index (χ2n) is 5.47. The summed E-state index contributed by atoms with van der Waals surface area (Å²) in [5.74, 6) is 0.0418. The van der Waals surface area contributed by atoms with Crippen LogP contribution in [-0.4, -0.2) is 42.9 Å². The maximum absolute atomic E-state index is 12.1. The fourth-order valence-corrected chi connectivity index (χ4v) is 3.28. The highest BCUT2D eigenvalue weighted by Crippen LogP contribution is 2.22. The van der Waals surface area contributed by atoms with Gasteiger partial charge < -0.3 is 15.1 Å². The van der Waals surface area contributed by atoms with Gasteiger partial charge in [0, 0.05) is 44.5 Å². The molecule has 1 saturated heterocycles. The highest BCUT2D eigenvalue weighted by Gasteiger charge is 2.19. The van der Waals surface area contributed by atoms with Gasteiger partial charge in [0.1, 0.15) is 0 Å². The molecule has 2 amide bonds. The smallest absolute Gasteiger partial charge is 0.265 e. The van der Waals surface area contributed by atoms with Crippen molar-refractivity contribution >= 4 is 34.5 Å². The van der Waals surface area contributed by atoms with Crippen molar-refractivity contribution in [2.24, 2.45) is 0 Å². The number of rotatable bonds is 3. The Kier molecular flexibility index (Phi) is 4.62. The van der Waals surface area contributed by atoms with Crippen LogP contribution in [-0.2, 0) is 4.79 Å². The zero-order valence-electron chi connectivity index (χ0n) is 13.0. The molecule has 2 aromatic rings. The molecule has 6 heteroatoms. The molecule has 0 saturated carbocycles. The monoisotopic (exact) mass is 329 g/mol. The SMILES string of the molecule is CC(=O)N1CCN(c2cccc(NC(=O)c3cccs3)c2)CC1. The highest BCUT2D eigenvalue weighted by atomic mass is 32.1. The van der Waals surface area contributed by atoms with Crippen LogP contribution in [0.3, 0.4) is 0 Å². The minimum absolute atomic E-state index is 0.0847. The third kappa shape index (κ3) is 3.71. The Hall–Kier alpha value is -2.34. The third-order valence-electron chi connectivity index (χ3n) is 3.94. The second kappa shape index (κ2) is 6.83. The molecule has 1 aromatic carbocycles. The Balaban J connectivity index is 1.66. The van der Waals surface area contributed by atoms with E-state index >= 15 is 0 Å². The number of carbonyl (C=O) groups is 2. The topological polar surface area (TPSA) is 52.7 Å². The van der Waals surface area contributed by atoms with Crippen molar-refractivity contribution in [1.82, 2.24) is 4.90 Å². The first kappa shape index (κ1) is 15.6. The number of benzene rings is 1. The van der Waals surface area contributed by atoms with Gasteiger partial charge in [-0.15, -0.1) is 11.3 Å². The van der Waals surface area contributed by atoms with Crippen molar-refractivity contribution in [3.8, 4) is 0 Å². The van der Waals surface area contributed by atoms with Gasteiger partial charge in [0.2, 0.25) is 5.91 Å². The van der Waals surface area contributed by atoms with Crippen LogP contribution in [0, 0.1) is 0 Å². The molecule has 2 heterocycles. The summed E-state index contributed by atoms with van der Waals surface area (Å²) in [6.07, 6.45) is 0. The molecular formula is C17H19N3O2S. The van der Waals surface area contributed by atoms with E-state index in [2.05, 4.69) is 10.2 Å². The van der Waals surface area contributed by atoms with Crippen LogP contribution < -0.4 is 10.2 Å². The molecule has 1 fully saturated rings. The van der Waals surface area contributed by atoms with E-state index in [0.717, 1.165) is 37.6 Å². The summed E-state index contributed by atoms with van der Waals surface area (Å²) >= 11 is 1.43. The van der Waals surface area contributed by atoms with Crippen LogP contribution in [0.25, 0.3) is 0 Å². The molecule has 1 aromatic heterocycles. The predicted octanol–water partition coefficient (Wildman–Crippen LogP) is 2.67. The molecule has 0 radical (unpaired) electrons. The van der Waals surface area contributed by atoms with Gasteiger partial charge in [-0.2, -0.15) is 0 Å². The van der Waals surface area contributed by atoms with E-state index in [1.54, 1.807) is 6.92 Å². The first-order valence-electron chi connectivity index (χ1n) is 7.59. The van der Waals surface area contributed by atoms with E-state index in [-0.39, 0.29) is 11.8 Å². The number of hydrogen-bond donors (Lipinski definition) is 1. The number of amides is 2. The molecule has 0 atom stereocenters. The fraction of sp³-hybridized carbons (Fsp3) is 0.294. The molecular weight excluding hydrogens is 310 g/mol. The maximum Gasteiger partial charge on any atom is 0.265 e. The molecule has 0 spiro atoms. The summed E-state index contributed by atoms with van der Waals surface area (Å²) in [5, 5.41) is 4.82. The number of thiophene rings is 1. The summed E-state index contributed by atoms with van der Waals surface area (Å²) in [6.45, 7) is 4.70. The normalized spacial score (nSPS) is 14.7. The van der Waals surface area contributed by atoms with Crippen molar-refractivity contribution in [1.29, 1.82) is 0 Å². The Bertz CT molecular complexity index is 692. The van der Waals surface area contributed by atoms with Gasteiger partial charge in [-0.1, -0.05) is 12.1 Å². The predicted molar refractivity (Wildman–Crippen MR) is 93.2 cm³/mol. The molecule has 120 valence electrons. The van der Waals surface area contributed by atoms with Gasteiger partial charge >= 0.3 is 0 Å². The molecule has 0 bridgehead atoms. The van der Waals surface area contributed by atoms with Crippen molar-refractivity contribution in [2.75, 3.05) is 36.4 Å². The summed E-state index contributed by atoms with van der Waals surface area (Å²) in [5.41, 5.74) is 1.85. The van der Waals surface area contributed by atoms with Crippen LogP contribution in [0.1, 0.15) is 16.6 Å². The largest absolute Gasteiger partial charge is 0.368 e. The van der Waals surface area contributed by atoms with Crippen LogP contribution in [0.5, 0.6) is 0 Å². The summed E-state index contributed by atoms with van der Waals surface area (Å²) in [4.78, 5) is 28.3. The Morgan fingerprint density at radius 3 is 2.52 bits per heavy atom. The van der Waals surface area contributed by atoms with E-state index in [0.29, 0.717) is 4.88 Å². The lowest BCUT2D eigenvalue weighted by Crippen LogP contribution is -2.48. The average Bonchev–Trinajstić information content (AvgIpc) is 3.10. The average molecular weight is 329 g/mol. The summed E-state index contributed by atoms with van der Waals surface area (Å²) in [7, 11) is 0. The quantitative estimate of drug-likeness (QED) is 0.942. The van der Waals surface area contributed by atoms with Crippen LogP contribution >= 0.6 is 11.3 Å². The van der Waals surface area contributed by atoms with E-state index in [4.69, 9.17) is 0 Å². The third-order valence-corrected chi connectivity index (χ3v) is 4.81. The van der Waals surface area contributed by atoms with E-state index < -0.39 is 0 Å². The molecule has 1 N–H and O–H groups in total. The molecule has 3 rings (SSSR count). The van der Waals surface area contributed by atoms with Crippen molar-refractivity contribution < 1.29 is 9.59 Å². The van der Waals surface area contributed by atoms with Gasteiger partial charge in [0.25, 0.3) is 5.91 Å². The van der Waals surface area contributed by atoms with Crippen molar-refractivity contribution in [3.63, 3.8) is 0 Å². The van der Waals surface area contributed by atoms with Crippen molar-refractivity contribution in [3.05, 3.63) is 46.7 Å². The maximum atomic E-state index is 12.1. The summed E-state index contributed by atoms with van der Waals surface area (Å²) in [6, 6.07) is 11.5. The molecule has 1 aliphatic heterocycles. The Morgan fingerprint density at radius 1 is 1.09 bits per heavy atom. The highest BCUT2D eigenvalue weighted by molar-refractivity contribution is 7.12. The number of nitrogens with zero attached hydrogens (tertiary/aromatic N) is 2. The number of anilines is 2. The molecule has 0 aliphatic carbocycles. The summed E-state index contributed by atoms with van der Waals surface area (Å²) < 4.78 is 0. The van der Waals surface area contributed by atoms with E-state index in [9.17, 15) is 9.59 Å². The zero-order chi connectivity index (χ0) is 16.2. The lowest BCUT2D eigenvalue weighted by Gasteiger charge is -2.35. The molecule has 23 heavy (non-hydrogen) atoms. The minimum Gasteiger partial charge on any atom is -0.368 e.